The van der Waals surface area contributed by atoms with Crippen molar-refractivity contribution in [3.05, 3.63) is 29.3 Å². The highest BCUT2D eigenvalue weighted by atomic mass is 35.5. The lowest BCUT2D eigenvalue weighted by Gasteiger charge is -2.17. The first-order valence-electron chi connectivity index (χ1n) is 8.19. The standard InChI is InChI=1S/C17H26ClN3O3/c1-3-21(4-2)11-5-10-19-16(22)12-20-17(23)13-24-15-8-6-14(18)7-9-15/h6-9H,3-5,10-13H2,1-2H3,(H,19,22)(H,20,23). The second-order valence-electron chi connectivity index (χ2n) is 5.25. The molecule has 0 aromatic heterocycles. The van der Waals surface area contributed by atoms with E-state index in [9.17, 15) is 9.59 Å². The summed E-state index contributed by atoms with van der Waals surface area (Å²) < 4.78 is 5.30. The molecule has 0 aliphatic heterocycles. The number of carbonyl (C=O) groups is 2. The second-order valence-corrected chi connectivity index (χ2v) is 5.69. The Hall–Kier alpha value is -1.79. The van der Waals surface area contributed by atoms with Crippen LogP contribution in [0, 0.1) is 0 Å². The molecule has 2 amide bonds. The minimum Gasteiger partial charge on any atom is -0.484 e. The van der Waals surface area contributed by atoms with E-state index in [0.29, 0.717) is 17.3 Å². The minimum absolute atomic E-state index is 0.0475. The molecule has 2 N–H and O–H groups in total. The third-order valence-electron chi connectivity index (χ3n) is 3.50. The SMILES string of the molecule is CCN(CC)CCCNC(=O)CNC(=O)COc1ccc(Cl)cc1. The quantitative estimate of drug-likeness (QED) is 0.592. The molecule has 0 saturated carbocycles. The zero-order chi connectivity index (χ0) is 17.8. The normalized spacial score (nSPS) is 10.5. The maximum absolute atomic E-state index is 11.6. The van der Waals surface area contributed by atoms with E-state index in [1.165, 1.54) is 0 Å². The monoisotopic (exact) mass is 355 g/mol. The van der Waals surface area contributed by atoms with Crippen molar-refractivity contribution in [3.63, 3.8) is 0 Å². The zero-order valence-electron chi connectivity index (χ0n) is 14.3. The molecule has 1 aromatic carbocycles. The molecule has 134 valence electrons. The van der Waals surface area contributed by atoms with E-state index < -0.39 is 0 Å². The van der Waals surface area contributed by atoms with Crippen LogP contribution in [0.15, 0.2) is 24.3 Å². The van der Waals surface area contributed by atoms with Gasteiger partial charge in [0.05, 0.1) is 6.54 Å². The van der Waals surface area contributed by atoms with Gasteiger partial charge in [-0.3, -0.25) is 9.59 Å². The lowest BCUT2D eigenvalue weighted by atomic mass is 10.3. The fourth-order valence-electron chi connectivity index (χ4n) is 2.04. The molecule has 0 atom stereocenters. The molecule has 0 spiro atoms. The Kier molecular flexibility index (Phi) is 9.88. The van der Waals surface area contributed by atoms with Gasteiger partial charge in [0.25, 0.3) is 5.91 Å². The number of carbonyl (C=O) groups excluding carboxylic acids is 2. The van der Waals surface area contributed by atoms with Crippen LogP contribution in [0.1, 0.15) is 20.3 Å². The van der Waals surface area contributed by atoms with Gasteiger partial charge in [0.2, 0.25) is 5.91 Å². The average molecular weight is 356 g/mol. The molecule has 24 heavy (non-hydrogen) atoms. The van der Waals surface area contributed by atoms with Crippen molar-refractivity contribution >= 4 is 23.4 Å². The third kappa shape index (κ3) is 8.74. The van der Waals surface area contributed by atoms with Gasteiger partial charge in [0.15, 0.2) is 6.61 Å². The predicted molar refractivity (Wildman–Crippen MR) is 95.4 cm³/mol. The number of nitrogens with zero attached hydrogens (tertiary/aromatic N) is 1. The summed E-state index contributed by atoms with van der Waals surface area (Å²) in [7, 11) is 0. The Balaban J connectivity index is 2.10. The first kappa shape index (κ1) is 20.3. The molecule has 1 aromatic rings. The fourth-order valence-corrected chi connectivity index (χ4v) is 2.17. The summed E-state index contributed by atoms with van der Waals surface area (Å²) in [4.78, 5) is 25.6. The van der Waals surface area contributed by atoms with Crippen molar-refractivity contribution in [2.75, 3.05) is 39.3 Å². The number of benzene rings is 1. The van der Waals surface area contributed by atoms with E-state index in [1.54, 1.807) is 24.3 Å². The largest absolute Gasteiger partial charge is 0.484 e. The van der Waals surface area contributed by atoms with Gasteiger partial charge in [0, 0.05) is 11.6 Å². The van der Waals surface area contributed by atoms with Gasteiger partial charge < -0.3 is 20.3 Å². The van der Waals surface area contributed by atoms with Crippen molar-refractivity contribution in [1.82, 2.24) is 15.5 Å². The molecular weight excluding hydrogens is 330 g/mol. The van der Waals surface area contributed by atoms with Crippen molar-refractivity contribution in [3.8, 4) is 5.75 Å². The zero-order valence-corrected chi connectivity index (χ0v) is 15.1. The smallest absolute Gasteiger partial charge is 0.258 e. The molecule has 0 aliphatic rings. The predicted octanol–water partition coefficient (Wildman–Crippen LogP) is 1.68. The summed E-state index contributed by atoms with van der Waals surface area (Å²) in [5.74, 6) is 0.00744. The first-order chi connectivity index (χ1) is 11.5. The van der Waals surface area contributed by atoms with Crippen LogP contribution in [0.5, 0.6) is 5.75 Å². The summed E-state index contributed by atoms with van der Waals surface area (Å²) in [5, 5.41) is 5.91. The van der Waals surface area contributed by atoms with Gasteiger partial charge in [-0.15, -0.1) is 0 Å². The Bertz CT molecular complexity index is 504. The van der Waals surface area contributed by atoms with Gasteiger partial charge in [-0.05, 0) is 50.3 Å². The van der Waals surface area contributed by atoms with Crippen molar-refractivity contribution in [2.45, 2.75) is 20.3 Å². The Labute approximate surface area is 148 Å². The molecule has 0 radical (unpaired) electrons. The summed E-state index contributed by atoms with van der Waals surface area (Å²) in [6.07, 6.45) is 0.890. The van der Waals surface area contributed by atoms with E-state index in [-0.39, 0.29) is 25.0 Å². The fraction of sp³-hybridized carbons (Fsp3) is 0.529. The van der Waals surface area contributed by atoms with E-state index in [4.69, 9.17) is 16.3 Å². The molecule has 0 aliphatic carbocycles. The molecule has 0 heterocycles. The molecule has 0 fully saturated rings. The van der Waals surface area contributed by atoms with Crippen molar-refractivity contribution in [2.24, 2.45) is 0 Å². The molecular formula is C17H26ClN3O3. The Morgan fingerprint density at radius 2 is 1.75 bits per heavy atom. The van der Waals surface area contributed by atoms with Crippen molar-refractivity contribution < 1.29 is 14.3 Å². The van der Waals surface area contributed by atoms with Gasteiger partial charge in [-0.25, -0.2) is 0 Å². The summed E-state index contributed by atoms with van der Waals surface area (Å²) >= 11 is 5.76. The van der Waals surface area contributed by atoms with Crippen LogP contribution in [-0.2, 0) is 9.59 Å². The molecule has 0 saturated heterocycles. The number of nitrogens with one attached hydrogen (secondary N) is 2. The van der Waals surface area contributed by atoms with E-state index >= 15 is 0 Å². The van der Waals surface area contributed by atoms with Crippen LogP contribution in [0.2, 0.25) is 5.02 Å². The third-order valence-corrected chi connectivity index (χ3v) is 3.75. The average Bonchev–Trinajstić information content (AvgIpc) is 2.59. The highest BCUT2D eigenvalue weighted by Gasteiger charge is 2.06. The number of hydrogen-bond acceptors (Lipinski definition) is 4. The summed E-state index contributed by atoms with van der Waals surface area (Å²) in [6, 6.07) is 6.72. The maximum Gasteiger partial charge on any atom is 0.258 e. The topological polar surface area (TPSA) is 70.7 Å². The van der Waals surface area contributed by atoms with Crippen molar-refractivity contribution in [1.29, 1.82) is 0 Å². The molecule has 0 bridgehead atoms. The summed E-state index contributed by atoms with van der Waals surface area (Å²) in [6.45, 7) is 7.61. The maximum atomic E-state index is 11.6. The minimum atomic E-state index is -0.344. The van der Waals surface area contributed by atoms with Crippen LogP contribution in [0.25, 0.3) is 0 Å². The van der Waals surface area contributed by atoms with Gasteiger partial charge in [0.1, 0.15) is 5.75 Å². The highest BCUT2D eigenvalue weighted by Crippen LogP contribution is 2.15. The van der Waals surface area contributed by atoms with E-state index in [1.807, 2.05) is 0 Å². The van der Waals surface area contributed by atoms with Crippen LogP contribution in [-0.4, -0.2) is 56.0 Å². The van der Waals surface area contributed by atoms with Gasteiger partial charge in [-0.2, -0.15) is 0 Å². The number of rotatable bonds is 11. The van der Waals surface area contributed by atoms with Crippen LogP contribution in [0.4, 0.5) is 0 Å². The van der Waals surface area contributed by atoms with Gasteiger partial charge >= 0.3 is 0 Å². The molecule has 7 heteroatoms. The van der Waals surface area contributed by atoms with Crippen LogP contribution < -0.4 is 15.4 Å². The molecule has 0 unspecified atom stereocenters. The molecule has 1 rings (SSSR count). The Morgan fingerprint density at radius 1 is 1.08 bits per heavy atom. The second kappa shape index (κ2) is 11.7. The highest BCUT2D eigenvalue weighted by molar-refractivity contribution is 6.30. The van der Waals surface area contributed by atoms with Crippen LogP contribution >= 0.6 is 11.6 Å². The summed E-state index contributed by atoms with van der Waals surface area (Å²) in [5.41, 5.74) is 0. The molecule has 6 nitrogen and oxygen atoms in total. The lowest BCUT2D eigenvalue weighted by Crippen LogP contribution is -2.39. The van der Waals surface area contributed by atoms with Gasteiger partial charge in [-0.1, -0.05) is 25.4 Å². The lowest BCUT2D eigenvalue weighted by molar-refractivity contribution is -0.127. The van der Waals surface area contributed by atoms with Crippen LogP contribution in [0.3, 0.4) is 0 Å². The van der Waals surface area contributed by atoms with E-state index in [0.717, 1.165) is 26.1 Å². The number of halogens is 1. The van der Waals surface area contributed by atoms with E-state index in [2.05, 4.69) is 29.4 Å². The number of hydrogen-bond donors (Lipinski definition) is 2. The number of ether oxygens (including phenoxy) is 1. The Morgan fingerprint density at radius 3 is 2.38 bits per heavy atom. The number of amides is 2. The first-order valence-corrected chi connectivity index (χ1v) is 8.57.